The van der Waals surface area contributed by atoms with Gasteiger partial charge in [-0.25, -0.2) is 14.4 Å². The maximum atomic E-state index is 13.8. The summed E-state index contributed by atoms with van der Waals surface area (Å²) in [7, 11) is 1.23. The molecule has 0 radical (unpaired) electrons. The van der Waals surface area contributed by atoms with Gasteiger partial charge in [-0.3, -0.25) is 9.59 Å². The largest absolute Gasteiger partial charge is 0.472 e. The van der Waals surface area contributed by atoms with E-state index in [-0.39, 0.29) is 19.3 Å². The van der Waals surface area contributed by atoms with Crippen molar-refractivity contribution in [3.63, 3.8) is 0 Å². The predicted octanol–water partition coefficient (Wildman–Crippen LogP) is 5.61. The molecule has 12 nitrogen and oxygen atoms in total. The zero-order chi connectivity index (χ0) is 36.4. The number of methoxy groups -OCH3 is 1. The predicted molar refractivity (Wildman–Crippen MR) is 174 cm³/mol. The summed E-state index contributed by atoms with van der Waals surface area (Å²) in [4.78, 5) is 67.3. The second kappa shape index (κ2) is 12.5. The van der Waals surface area contributed by atoms with Gasteiger partial charge in [-0.15, -0.1) is 0 Å². The van der Waals surface area contributed by atoms with Crippen molar-refractivity contribution in [2.45, 2.75) is 111 Å². The minimum atomic E-state index is -1.98. The van der Waals surface area contributed by atoms with Crippen LogP contribution in [0.25, 0.3) is 0 Å². The number of rotatable bonds is 9. The molecule has 2 saturated carbocycles. The van der Waals surface area contributed by atoms with Crippen LogP contribution in [0.15, 0.2) is 58.0 Å². The van der Waals surface area contributed by atoms with Gasteiger partial charge in [-0.1, -0.05) is 40.7 Å². The molecule has 1 saturated heterocycles. The Hall–Kier alpha value is -4.19. The van der Waals surface area contributed by atoms with Gasteiger partial charge in [0.2, 0.25) is 6.10 Å². The van der Waals surface area contributed by atoms with Crippen molar-refractivity contribution in [1.82, 2.24) is 0 Å². The van der Waals surface area contributed by atoms with E-state index < -0.39 is 88.1 Å². The molecule has 6 rings (SSSR count). The fourth-order valence-corrected chi connectivity index (χ4v) is 9.62. The van der Waals surface area contributed by atoms with Crippen LogP contribution in [0.1, 0.15) is 92.2 Å². The third kappa shape index (κ3) is 5.15. The van der Waals surface area contributed by atoms with Gasteiger partial charge in [0.05, 0.1) is 25.7 Å². The summed E-state index contributed by atoms with van der Waals surface area (Å²) in [5, 5.41) is 0. The van der Waals surface area contributed by atoms with Gasteiger partial charge in [-0.05, 0) is 62.3 Å². The third-order valence-electron chi connectivity index (χ3n) is 12.1. The first-order valence-corrected chi connectivity index (χ1v) is 17.3. The van der Waals surface area contributed by atoms with Gasteiger partial charge in [0.1, 0.15) is 6.10 Å². The average Bonchev–Trinajstić information content (AvgIpc) is 3.67. The Labute approximate surface area is 291 Å². The van der Waals surface area contributed by atoms with E-state index in [1.165, 1.54) is 19.4 Å². The smallest absolute Gasteiger partial charge is 0.347 e. The molecule has 12 heteroatoms. The Morgan fingerprint density at radius 2 is 1.82 bits per heavy atom. The average molecular weight is 695 g/mol. The Bertz CT molecular complexity index is 1690. The molecule has 50 heavy (non-hydrogen) atoms. The van der Waals surface area contributed by atoms with E-state index >= 15 is 0 Å². The summed E-state index contributed by atoms with van der Waals surface area (Å²) in [6.45, 7) is 12.4. The van der Waals surface area contributed by atoms with Gasteiger partial charge < -0.3 is 32.8 Å². The number of furan rings is 1. The summed E-state index contributed by atoms with van der Waals surface area (Å²) in [6.07, 6.45) is 5.15. The number of carbonyl (C=O) groups is 5. The maximum absolute atomic E-state index is 13.8. The lowest BCUT2D eigenvalue weighted by Gasteiger charge is -2.55. The summed E-state index contributed by atoms with van der Waals surface area (Å²) < 4.78 is 42.2. The fraction of sp³-hybridized carbons (Fsp3) is 0.605. The second-order valence-corrected chi connectivity index (χ2v) is 14.8. The number of hydrogen-bond donors (Lipinski definition) is 0. The number of cyclic esters (lactones) is 1. The molecule has 3 fully saturated rings. The first-order valence-electron chi connectivity index (χ1n) is 17.3. The minimum Gasteiger partial charge on any atom is -0.472 e. The molecule has 4 heterocycles. The summed E-state index contributed by atoms with van der Waals surface area (Å²) >= 11 is 0. The van der Waals surface area contributed by atoms with Crippen molar-refractivity contribution in [3.05, 3.63) is 59.1 Å². The molecule has 270 valence electrons. The molecule has 1 aromatic rings. The monoisotopic (exact) mass is 694 g/mol. The first kappa shape index (κ1) is 35.6. The molecule has 0 spiro atoms. The van der Waals surface area contributed by atoms with Crippen LogP contribution in [0.5, 0.6) is 0 Å². The van der Waals surface area contributed by atoms with Crippen LogP contribution in [0.4, 0.5) is 0 Å². The lowest BCUT2D eigenvalue weighted by molar-refractivity contribution is -0.304. The number of allylic oxidation sites excluding steroid dienone is 2. The van der Waals surface area contributed by atoms with Crippen LogP contribution in [0, 0.1) is 28.1 Å². The Morgan fingerprint density at radius 1 is 1.10 bits per heavy atom. The topological polar surface area (TPSA) is 154 Å². The third-order valence-corrected chi connectivity index (χ3v) is 12.1. The zero-order valence-electron chi connectivity index (χ0n) is 29.9. The number of carbonyl (C=O) groups excluding carboxylic acids is 5. The van der Waals surface area contributed by atoms with Crippen LogP contribution in [-0.4, -0.2) is 61.1 Å². The highest BCUT2D eigenvalue weighted by atomic mass is 16.7. The standard InChI is InChI=1S/C38H46O12/c1-9-20(4)32(42)48-34-36(6)18-25-37(7,30(36)29(33(43)44-8)46-26(39)10-2)23-12-14-35(5)24(16-28(41)47-31(35)21-13-15-45-19-21)22(23)17-38(34,49-25)50-27(40)11-3/h9,13,15-17,19,23,25,29-31,34H,10-12,14,18H2,1-8H3/b20-9+/t23-,25-,29+,30+,31-,34-,35+,36+,37-,38+/m0/s1. The van der Waals surface area contributed by atoms with Crippen molar-refractivity contribution in [2.24, 2.45) is 28.1 Å². The van der Waals surface area contributed by atoms with E-state index in [0.717, 1.165) is 0 Å². The van der Waals surface area contributed by atoms with Gasteiger partial charge in [0.15, 0.2) is 6.10 Å². The van der Waals surface area contributed by atoms with Crippen molar-refractivity contribution in [2.75, 3.05) is 7.11 Å². The SMILES string of the molecule is C/C=C(\C)C(=O)O[C@@H]1[C@]2(OC(=O)CC)C=C3C4=CC(=O)O[C@@H](c5ccoc5)[C@]4(C)CC[C@@H]3[C@@]3(C)[C@H](C[C@]1(C)[C@H]3[C@@H](OC(=O)CC)C(=O)OC)O2. The van der Waals surface area contributed by atoms with Crippen LogP contribution < -0.4 is 0 Å². The maximum Gasteiger partial charge on any atom is 0.347 e. The normalized spacial score (nSPS) is 37.6. The molecule has 0 unspecified atom stereocenters. The molecule has 10 atom stereocenters. The number of hydrogen-bond acceptors (Lipinski definition) is 12. The van der Waals surface area contributed by atoms with Crippen LogP contribution in [-0.2, 0) is 52.4 Å². The van der Waals surface area contributed by atoms with Gasteiger partial charge in [-0.2, -0.15) is 0 Å². The van der Waals surface area contributed by atoms with E-state index in [2.05, 4.69) is 0 Å². The Balaban J connectivity index is 1.66. The van der Waals surface area contributed by atoms with Crippen LogP contribution in [0.3, 0.4) is 0 Å². The van der Waals surface area contributed by atoms with Crippen molar-refractivity contribution in [3.8, 4) is 0 Å². The molecular weight excluding hydrogens is 648 g/mol. The molecule has 3 bridgehead atoms. The first-order chi connectivity index (χ1) is 23.6. The van der Waals surface area contributed by atoms with Crippen molar-refractivity contribution >= 4 is 29.8 Å². The van der Waals surface area contributed by atoms with Gasteiger partial charge >= 0.3 is 29.8 Å². The second-order valence-electron chi connectivity index (χ2n) is 14.8. The van der Waals surface area contributed by atoms with Crippen LogP contribution in [0.2, 0.25) is 0 Å². The molecule has 0 aromatic carbocycles. The Morgan fingerprint density at radius 3 is 2.44 bits per heavy atom. The summed E-state index contributed by atoms with van der Waals surface area (Å²) in [5.74, 6) is -6.44. The lowest BCUT2D eigenvalue weighted by Crippen LogP contribution is -2.62. The molecule has 0 N–H and O–H groups in total. The molecule has 0 amide bonds. The van der Waals surface area contributed by atoms with Gasteiger partial charge in [0.25, 0.3) is 5.79 Å². The zero-order valence-corrected chi connectivity index (χ0v) is 29.9. The number of esters is 5. The highest BCUT2D eigenvalue weighted by Gasteiger charge is 2.78. The number of ether oxygens (including phenoxy) is 6. The minimum absolute atomic E-state index is 0.00184. The quantitative estimate of drug-likeness (QED) is 0.179. The van der Waals surface area contributed by atoms with E-state index in [1.54, 1.807) is 52.2 Å². The summed E-state index contributed by atoms with van der Waals surface area (Å²) in [6, 6.07) is 1.76. The fourth-order valence-electron chi connectivity index (χ4n) is 9.62. The van der Waals surface area contributed by atoms with Crippen LogP contribution >= 0.6 is 0 Å². The van der Waals surface area contributed by atoms with Crippen molar-refractivity contribution in [1.29, 1.82) is 0 Å². The van der Waals surface area contributed by atoms with Crippen molar-refractivity contribution < 1.29 is 56.8 Å². The van der Waals surface area contributed by atoms with Gasteiger partial charge in [0, 0.05) is 52.2 Å². The van der Waals surface area contributed by atoms with E-state index in [9.17, 15) is 24.0 Å². The molecule has 2 aliphatic carbocycles. The van der Waals surface area contributed by atoms with E-state index in [0.29, 0.717) is 35.1 Å². The highest BCUT2D eigenvalue weighted by Crippen LogP contribution is 2.73. The van der Waals surface area contributed by atoms with E-state index in [1.807, 2.05) is 20.8 Å². The highest BCUT2D eigenvalue weighted by molar-refractivity contribution is 5.88. The summed E-state index contributed by atoms with van der Waals surface area (Å²) in [5.41, 5.74) is -0.600. The molecule has 5 aliphatic rings. The number of fused-ring (bicyclic) bond motifs is 6. The molecule has 1 aromatic heterocycles. The Kier molecular flexibility index (Phi) is 8.94. The lowest BCUT2D eigenvalue weighted by atomic mass is 9.51. The molecular formula is C38H46O12. The molecule has 3 aliphatic heterocycles. The van der Waals surface area contributed by atoms with E-state index in [4.69, 9.17) is 32.8 Å².